The van der Waals surface area contributed by atoms with Crippen molar-refractivity contribution in [3.63, 3.8) is 0 Å². The first-order valence-corrected chi connectivity index (χ1v) is 15.8. The topological polar surface area (TPSA) is 76.1 Å². The summed E-state index contributed by atoms with van der Waals surface area (Å²) >= 11 is 0. The van der Waals surface area contributed by atoms with Gasteiger partial charge in [0.15, 0.2) is 5.76 Å². The number of rotatable bonds is 4. The monoisotopic (exact) mass is 563 g/mol. The van der Waals surface area contributed by atoms with Gasteiger partial charge in [-0.25, -0.2) is 0 Å². The number of carbonyl (C=O) groups excluding carboxylic acids is 2. The smallest absolute Gasteiger partial charge is 0.320 e. The second-order valence-corrected chi connectivity index (χ2v) is 15.4. The van der Waals surface area contributed by atoms with Crippen molar-refractivity contribution in [3.8, 4) is 0 Å². The van der Waals surface area contributed by atoms with Gasteiger partial charge < -0.3 is 14.6 Å². The molecule has 6 heteroatoms. The first-order chi connectivity index (χ1) is 19.2. The molecule has 1 saturated heterocycles. The fourth-order valence-electron chi connectivity index (χ4n) is 9.90. The second-order valence-electron chi connectivity index (χ2n) is 15.4. The van der Waals surface area contributed by atoms with Crippen molar-refractivity contribution < 1.29 is 24.2 Å². The molecule has 0 spiro atoms. The molecule has 6 atom stereocenters. The summed E-state index contributed by atoms with van der Waals surface area (Å²) in [6.45, 7) is 17.9. The Morgan fingerprint density at radius 1 is 1.02 bits per heavy atom. The van der Waals surface area contributed by atoms with E-state index in [1.165, 1.54) is 18.4 Å². The molecule has 5 aliphatic carbocycles. The Morgan fingerprint density at radius 3 is 2.46 bits per heavy atom. The molecule has 0 aromatic carbocycles. The van der Waals surface area contributed by atoms with E-state index in [9.17, 15) is 14.7 Å². The summed E-state index contributed by atoms with van der Waals surface area (Å²) in [5.74, 6) is 0.0232. The maximum Gasteiger partial charge on any atom is 0.320 e. The van der Waals surface area contributed by atoms with Crippen molar-refractivity contribution in [3.05, 3.63) is 46.3 Å². The van der Waals surface area contributed by atoms with E-state index in [4.69, 9.17) is 9.47 Å². The SMILES string of the molecule is CC1=C(O)C(=O)C=C2C1=CC=C1[C@@]2(C)CC[C@@]2(C)[C@@H]3C[C@](C)(COC(=O)CN4CCOCC4)CC[C@]3(C)CC[C@]12C. The Hall–Kier alpha value is -2.18. The molecule has 1 heterocycles. The molecular formula is C35H49NO5. The molecule has 0 aromatic heterocycles. The number of esters is 1. The number of aliphatic hydroxyl groups excluding tert-OH is 1. The van der Waals surface area contributed by atoms with Gasteiger partial charge in [-0.05, 0) is 91.3 Å². The van der Waals surface area contributed by atoms with Gasteiger partial charge in [-0.1, -0.05) is 52.3 Å². The zero-order valence-corrected chi connectivity index (χ0v) is 26.0. The second kappa shape index (κ2) is 9.67. The summed E-state index contributed by atoms with van der Waals surface area (Å²) in [4.78, 5) is 27.7. The number of fused-ring (bicyclic) bond motifs is 7. The van der Waals surface area contributed by atoms with Crippen molar-refractivity contribution in [1.29, 1.82) is 0 Å². The van der Waals surface area contributed by atoms with Crippen LogP contribution in [-0.2, 0) is 19.1 Å². The molecule has 6 nitrogen and oxygen atoms in total. The third-order valence-corrected chi connectivity index (χ3v) is 13.0. The van der Waals surface area contributed by atoms with Gasteiger partial charge in [0.2, 0.25) is 5.78 Å². The molecule has 4 fully saturated rings. The number of carbonyl (C=O) groups is 2. The van der Waals surface area contributed by atoms with Gasteiger partial charge in [0, 0.05) is 29.5 Å². The summed E-state index contributed by atoms with van der Waals surface area (Å²) in [7, 11) is 0. The number of aliphatic hydroxyl groups is 1. The zero-order chi connectivity index (χ0) is 29.4. The van der Waals surface area contributed by atoms with Crippen molar-refractivity contribution in [2.45, 2.75) is 86.5 Å². The summed E-state index contributed by atoms with van der Waals surface area (Å²) in [5, 5.41) is 10.4. The number of nitrogens with zero attached hydrogens (tertiary/aromatic N) is 1. The predicted octanol–water partition coefficient (Wildman–Crippen LogP) is 6.49. The van der Waals surface area contributed by atoms with Crippen LogP contribution in [0.1, 0.15) is 86.5 Å². The van der Waals surface area contributed by atoms with Crippen LogP contribution < -0.4 is 0 Å². The number of ketones is 1. The number of hydrogen-bond acceptors (Lipinski definition) is 6. The third-order valence-electron chi connectivity index (χ3n) is 13.0. The molecule has 0 amide bonds. The first-order valence-electron chi connectivity index (χ1n) is 15.8. The molecule has 1 aliphatic heterocycles. The maximum absolute atomic E-state index is 12.8. The minimum absolute atomic E-state index is 0.00152. The average Bonchev–Trinajstić information content (AvgIpc) is 2.94. The lowest BCUT2D eigenvalue weighted by Gasteiger charge is -2.70. The van der Waals surface area contributed by atoms with Gasteiger partial charge in [-0.3, -0.25) is 14.5 Å². The normalized spacial score (nSPS) is 42.6. The van der Waals surface area contributed by atoms with E-state index in [2.05, 4.69) is 51.7 Å². The van der Waals surface area contributed by atoms with E-state index in [0.717, 1.165) is 56.3 Å². The first kappa shape index (κ1) is 28.9. The van der Waals surface area contributed by atoms with Crippen LogP contribution in [0.3, 0.4) is 0 Å². The van der Waals surface area contributed by atoms with Gasteiger partial charge in [0.05, 0.1) is 26.4 Å². The molecule has 0 aromatic rings. The Morgan fingerprint density at radius 2 is 1.73 bits per heavy atom. The molecule has 6 aliphatic rings. The lowest BCUT2D eigenvalue weighted by atomic mass is 9.34. The predicted molar refractivity (Wildman–Crippen MR) is 159 cm³/mol. The summed E-state index contributed by atoms with van der Waals surface area (Å²) < 4.78 is 11.4. The van der Waals surface area contributed by atoms with E-state index in [1.54, 1.807) is 6.08 Å². The summed E-state index contributed by atoms with van der Waals surface area (Å²) in [5.41, 5.74) is 4.40. The molecule has 3 saturated carbocycles. The van der Waals surface area contributed by atoms with Gasteiger partial charge in [-0.2, -0.15) is 0 Å². The van der Waals surface area contributed by atoms with E-state index in [-0.39, 0.29) is 44.6 Å². The lowest BCUT2D eigenvalue weighted by Crippen LogP contribution is -2.62. The largest absolute Gasteiger partial charge is 0.504 e. The summed E-state index contributed by atoms with van der Waals surface area (Å²) in [6.07, 6.45) is 14.0. The van der Waals surface area contributed by atoms with E-state index >= 15 is 0 Å². The van der Waals surface area contributed by atoms with Crippen LogP contribution in [0.2, 0.25) is 0 Å². The minimum Gasteiger partial charge on any atom is -0.504 e. The molecule has 0 radical (unpaired) electrons. The highest BCUT2D eigenvalue weighted by atomic mass is 16.5. The average molecular weight is 564 g/mol. The van der Waals surface area contributed by atoms with E-state index in [1.807, 2.05) is 6.92 Å². The number of morpholine rings is 1. The van der Waals surface area contributed by atoms with Gasteiger partial charge >= 0.3 is 5.97 Å². The van der Waals surface area contributed by atoms with Crippen LogP contribution in [0.4, 0.5) is 0 Å². The highest BCUT2D eigenvalue weighted by molar-refractivity contribution is 6.06. The van der Waals surface area contributed by atoms with Crippen molar-refractivity contribution in [1.82, 2.24) is 4.90 Å². The van der Waals surface area contributed by atoms with Gasteiger partial charge in [0.25, 0.3) is 0 Å². The van der Waals surface area contributed by atoms with Crippen LogP contribution in [0.25, 0.3) is 0 Å². The van der Waals surface area contributed by atoms with E-state index < -0.39 is 0 Å². The highest BCUT2D eigenvalue weighted by Crippen LogP contribution is 2.75. The Labute approximate surface area is 245 Å². The fourth-order valence-corrected chi connectivity index (χ4v) is 9.90. The van der Waals surface area contributed by atoms with E-state index in [0.29, 0.717) is 37.9 Å². The van der Waals surface area contributed by atoms with Crippen LogP contribution in [-0.4, -0.2) is 61.2 Å². The molecule has 1 N–H and O–H groups in total. The Balaban J connectivity index is 1.27. The van der Waals surface area contributed by atoms with Crippen LogP contribution >= 0.6 is 0 Å². The fraction of sp³-hybridized carbons (Fsp3) is 0.714. The Bertz CT molecular complexity index is 1290. The van der Waals surface area contributed by atoms with Crippen LogP contribution in [0.5, 0.6) is 0 Å². The van der Waals surface area contributed by atoms with Crippen molar-refractivity contribution in [2.75, 3.05) is 39.5 Å². The Kier molecular flexibility index (Phi) is 6.82. The maximum atomic E-state index is 12.8. The van der Waals surface area contributed by atoms with Crippen molar-refractivity contribution >= 4 is 11.8 Å². The molecule has 224 valence electrons. The van der Waals surface area contributed by atoms with Gasteiger partial charge in [0.1, 0.15) is 0 Å². The standard InChI is InChI=1S/C35H49NO5/c1-23-24-7-8-27-33(4,25(24)19-26(37)30(23)39)12-14-35(6)28-20-31(2,9-10-32(28,3)11-13-34(27,35)5)22-41-29(38)21-36-15-17-40-18-16-36/h7-8,19,28,39H,9-18,20-22H2,1-6H3/t28-,31-,32-,33+,34-,35+/m1/s1. The van der Waals surface area contributed by atoms with Crippen molar-refractivity contribution in [2.24, 2.45) is 33.0 Å². The quantitative estimate of drug-likeness (QED) is 0.394. The minimum atomic E-state index is -0.266. The molecule has 41 heavy (non-hydrogen) atoms. The third kappa shape index (κ3) is 4.33. The highest BCUT2D eigenvalue weighted by Gasteiger charge is 2.66. The summed E-state index contributed by atoms with van der Waals surface area (Å²) in [6, 6.07) is 0. The number of ether oxygens (including phenoxy) is 2. The lowest BCUT2D eigenvalue weighted by molar-refractivity contribution is -0.173. The van der Waals surface area contributed by atoms with Crippen LogP contribution in [0, 0.1) is 33.0 Å². The molecule has 6 rings (SSSR count). The molecule has 0 bridgehead atoms. The zero-order valence-electron chi connectivity index (χ0n) is 26.0. The van der Waals surface area contributed by atoms with Crippen LogP contribution in [0.15, 0.2) is 46.3 Å². The molecule has 0 unspecified atom stereocenters. The van der Waals surface area contributed by atoms with Gasteiger partial charge in [-0.15, -0.1) is 0 Å². The molecular weight excluding hydrogens is 514 g/mol. The number of hydrogen-bond donors (Lipinski definition) is 1. The number of allylic oxidation sites excluding steroid dienone is 7.